The second-order valence-electron chi connectivity index (χ2n) is 5.49. The Labute approximate surface area is 91.0 Å². The summed E-state index contributed by atoms with van der Waals surface area (Å²) in [4.78, 5) is 13.6. The normalized spacial score (nSPS) is 30.5. The van der Waals surface area contributed by atoms with Gasteiger partial charge in [0.15, 0.2) is 0 Å². The number of nitrogens with one attached hydrogen (secondary N) is 1. The van der Waals surface area contributed by atoms with E-state index in [0.29, 0.717) is 12.0 Å². The van der Waals surface area contributed by atoms with Crippen LogP contribution in [0.25, 0.3) is 0 Å². The van der Waals surface area contributed by atoms with Crippen molar-refractivity contribution in [3.8, 4) is 0 Å². The Kier molecular flexibility index (Phi) is 2.63. The van der Waals surface area contributed by atoms with E-state index in [1.54, 1.807) is 0 Å². The van der Waals surface area contributed by atoms with Crippen molar-refractivity contribution in [1.29, 1.82) is 0 Å². The largest absolute Gasteiger partial charge is 0.444 e. The molecule has 2 fully saturated rings. The van der Waals surface area contributed by atoms with E-state index in [2.05, 4.69) is 5.32 Å². The van der Waals surface area contributed by atoms with Crippen LogP contribution in [0.15, 0.2) is 0 Å². The molecule has 1 amide bonds. The van der Waals surface area contributed by atoms with Crippen molar-refractivity contribution >= 4 is 6.09 Å². The average Bonchev–Trinajstić information content (AvgIpc) is 2.04. The Balaban J connectivity index is 1.86. The third-order valence-corrected chi connectivity index (χ3v) is 3.03. The van der Waals surface area contributed by atoms with Gasteiger partial charge in [-0.2, -0.15) is 0 Å². The number of rotatable bonds is 0. The molecule has 0 radical (unpaired) electrons. The molecule has 0 saturated carbocycles. The first-order chi connectivity index (χ1) is 6.96. The summed E-state index contributed by atoms with van der Waals surface area (Å²) in [5, 5.41) is 3.38. The number of nitrogens with zero attached hydrogens (tertiary/aromatic N) is 1. The number of fused-ring (bicyclic) bond motifs is 1. The predicted molar refractivity (Wildman–Crippen MR) is 57.7 cm³/mol. The van der Waals surface area contributed by atoms with Gasteiger partial charge in [-0.25, -0.2) is 4.79 Å². The van der Waals surface area contributed by atoms with Gasteiger partial charge in [-0.05, 0) is 27.2 Å². The predicted octanol–water partition coefficient (Wildman–Crippen LogP) is 1.22. The van der Waals surface area contributed by atoms with Crippen LogP contribution in [0.3, 0.4) is 0 Å². The van der Waals surface area contributed by atoms with Gasteiger partial charge in [0.1, 0.15) is 5.60 Å². The van der Waals surface area contributed by atoms with Crippen LogP contribution in [0.1, 0.15) is 27.2 Å². The number of likely N-dealkylation sites (tertiary alicyclic amines) is 1. The van der Waals surface area contributed by atoms with Crippen LogP contribution in [0.5, 0.6) is 0 Å². The number of hydrogen-bond acceptors (Lipinski definition) is 3. The molecule has 0 aromatic carbocycles. The number of piperidine rings is 1. The van der Waals surface area contributed by atoms with Crippen LogP contribution in [-0.4, -0.2) is 42.3 Å². The summed E-state index contributed by atoms with van der Waals surface area (Å²) in [6, 6.07) is 0.642. The molecule has 2 rings (SSSR count). The summed E-state index contributed by atoms with van der Waals surface area (Å²) in [6.45, 7) is 8.44. The van der Waals surface area contributed by atoms with Gasteiger partial charge in [0.05, 0.1) is 0 Å². The molecule has 0 bridgehead atoms. The van der Waals surface area contributed by atoms with E-state index in [-0.39, 0.29) is 11.7 Å². The fourth-order valence-corrected chi connectivity index (χ4v) is 2.14. The van der Waals surface area contributed by atoms with Gasteiger partial charge in [-0.3, -0.25) is 0 Å². The highest BCUT2D eigenvalue weighted by molar-refractivity contribution is 5.68. The van der Waals surface area contributed by atoms with Crippen molar-refractivity contribution in [1.82, 2.24) is 10.2 Å². The van der Waals surface area contributed by atoms with Crippen molar-refractivity contribution in [2.75, 3.05) is 19.6 Å². The molecule has 0 aromatic rings. The zero-order valence-corrected chi connectivity index (χ0v) is 9.75. The van der Waals surface area contributed by atoms with E-state index in [1.165, 1.54) is 0 Å². The van der Waals surface area contributed by atoms with Crippen LogP contribution in [0.2, 0.25) is 0 Å². The highest BCUT2D eigenvalue weighted by Crippen LogP contribution is 2.24. The third-order valence-electron chi connectivity index (χ3n) is 3.03. The van der Waals surface area contributed by atoms with Crippen LogP contribution in [0, 0.1) is 5.92 Å². The zero-order valence-electron chi connectivity index (χ0n) is 9.75. The zero-order chi connectivity index (χ0) is 11.1. The number of carbonyl (C=O) groups excluding carboxylic acids is 1. The highest BCUT2D eigenvalue weighted by Gasteiger charge is 2.38. The number of amides is 1. The molecule has 0 aromatic heterocycles. The molecule has 86 valence electrons. The molecule has 2 aliphatic rings. The maximum absolute atomic E-state index is 11.8. The van der Waals surface area contributed by atoms with Crippen molar-refractivity contribution < 1.29 is 9.53 Å². The minimum atomic E-state index is -0.383. The number of ether oxygens (including phenoxy) is 1. The maximum atomic E-state index is 11.8. The van der Waals surface area contributed by atoms with Crippen molar-refractivity contribution in [2.24, 2.45) is 5.92 Å². The Morgan fingerprint density at radius 2 is 2.20 bits per heavy atom. The van der Waals surface area contributed by atoms with Gasteiger partial charge < -0.3 is 15.0 Å². The summed E-state index contributed by atoms with van der Waals surface area (Å²) >= 11 is 0. The van der Waals surface area contributed by atoms with Crippen LogP contribution in [-0.2, 0) is 4.74 Å². The van der Waals surface area contributed by atoms with Gasteiger partial charge in [0.2, 0.25) is 0 Å². The summed E-state index contributed by atoms with van der Waals surface area (Å²) in [6.07, 6.45) is 0.900. The molecule has 2 heterocycles. The fourth-order valence-electron chi connectivity index (χ4n) is 2.14. The molecule has 4 heteroatoms. The number of carbonyl (C=O) groups is 1. The second kappa shape index (κ2) is 3.67. The van der Waals surface area contributed by atoms with Crippen molar-refractivity contribution in [3.05, 3.63) is 0 Å². The van der Waals surface area contributed by atoms with E-state index < -0.39 is 0 Å². The first kappa shape index (κ1) is 10.7. The lowest BCUT2D eigenvalue weighted by Crippen LogP contribution is -2.62. The molecule has 2 unspecified atom stereocenters. The van der Waals surface area contributed by atoms with Crippen LogP contribution < -0.4 is 5.32 Å². The molecule has 2 aliphatic heterocycles. The first-order valence-electron chi connectivity index (χ1n) is 5.67. The van der Waals surface area contributed by atoms with E-state index in [9.17, 15) is 4.79 Å². The molecule has 0 aliphatic carbocycles. The quantitative estimate of drug-likeness (QED) is 0.656. The molecule has 1 N–H and O–H groups in total. The van der Waals surface area contributed by atoms with Gasteiger partial charge in [0.25, 0.3) is 0 Å². The lowest BCUT2D eigenvalue weighted by Gasteiger charge is -2.46. The Morgan fingerprint density at radius 1 is 1.47 bits per heavy atom. The Bertz CT molecular complexity index is 260. The van der Waals surface area contributed by atoms with Crippen molar-refractivity contribution in [2.45, 2.75) is 38.8 Å². The SMILES string of the molecule is CC(C)(C)OC(=O)N1CCC2NCC2C1. The summed E-state index contributed by atoms with van der Waals surface area (Å²) in [5.74, 6) is 0.645. The fraction of sp³-hybridized carbons (Fsp3) is 0.909. The summed E-state index contributed by atoms with van der Waals surface area (Å²) in [5.41, 5.74) is -0.383. The Morgan fingerprint density at radius 3 is 2.67 bits per heavy atom. The van der Waals surface area contributed by atoms with Crippen LogP contribution in [0.4, 0.5) is 4.79 Å². The minimum Gasteiger partial charge on any atom is -0.444 e. The smallest absolute Gasteiger partial charge is 0.410 e. The second-order valence-corrected chi connectivity index (χ2v) is 5.49. The molecule has 15 heavy (non-hydrogen) atoms. The van der Waals surface area contributed by atoms with E-state index in [4.69, 9.17) is 4.74 Å². The molecular weight excluding hydrogens is 192 g/mol. The third kappa shape index (κ3) is 2.43. The first-order valence-corrected chi connectivity index (χ1v) is 5.67. The monoisotopic (exact) mass is 212 g/mol. The molecule has 0 spiro atoms. The lowest BCUT2D eigenvalue weighted by molar-refractivity contribution is 0.00493. The Hall–Kier alpha value is -0.770. The molecule has 2 atom stereocenters. The average molecular weight is 212 g/mol. The topological polar surface area (TPSA) is 41.6 Å². The van der Waals surface area contributed by atoms with E-state index in [1.807, 2.05) is 25.7 Å². The lowest BCUT2D eigenvalue weighted by atomic mass is 9.85. The standard InChI is InChI=1S/C11H20N2O2/c1-11(2,3)15-10(14)13-5-4-9-8(7-13)6-12-9/h8-9,12H,4-7H2,1-3H3. The highest BCUT2D eigenvalue weighted by atomic mass is 16.6. The molecular formula is C11H20N2O2. The summed E-state index contributed by atoms with van der Waals surface area (Å²) < 4.78 is 5.35. The minimum absolute atomic E-state index is 0.159. The van der Waals surface area contributed by atoms with Crippen molar-refractivity contribution in [3.63, 3.8) is 0 Å². The van der Waals surface area contributed by atoms with Gasteiger partial charge >= 0.3 is 6.09 Å². The van der Waals surface area contributed by atoms with Gasteiger partial charge in [-0.15, -0.1) is 0 Å². The number of hydrogen-bond donors (Lipinski definition) is 1. The van der Waals surface area contributed by atoms with E-state index in [0.717, 1.165) is 26.1 Å². The molecule has 4 nitrogen and oxygen atoms in total. The summed E-state index contributed by atoms with van der Waals surface area (Å²) in [7, 11) is 0. The molecule has 2 saturated heterocycles. The van der Waals surface area contributed by atoms with Crippen LogP contribution >= 0.6 is 0 Å². The van der Waals surface area contributed by atoms with E-state index >= 15 is 0 Å². The van der Waals surface area contributed by atoms with Gasteiger partial charge in [0, 0.05) is 31.6 Å². The maximum Gasteiger partial charge on any atom is 0.410 e. The van der Waals surface area contributed by atoms with Gasteiger partial charge in [-0.1, -0.05) is 0 Å².